The zero-order chi connectivity index (χ0) is 15.2. The van der Waals surface area contributed by atoms with Crippen LogP contribution in [0.15, 0.2) is 6.33 Å². The molecule has 0 saturated heterocycles. The number of rotatable bonds is 7. The number of aromatic nitrogens is 2. The average molecular weight is 291 g/mol. The van der Waals surface area contributed by atoms with Gasteiger partial charge in [0.2, 0.25) is 5.88 Å². The highest BCUT2D eigenvalue weighted by Crippen LogP contribution is 2.29. The zero-order valence-corrected chi connectivity index (χ0v) is 11.9. The van der Waals surface area contributed by atoms with E-state index in [1.54, 1.807) is 0 Å². The predicted octanol–water partition coefficient (Wildman–Crippen LogP) is 3.58. The van der Waals surface area contributed by atoms with Gasteiger partial charge in [-0.05, 0) is 19.8 Å². The Hall–Kier alpha value is -1.53. The van der Waals surface area contributed by atoms with Crippen LogP contribution in [0.3, 0.4) is 0 Å². The Morgan fingerprint density at radius 1 is 1.25 bits per heavy atom. The standard InChI is InChI=1S/C13H20F3N3O/c1-4-6-10-11(17-7-5-2)18-8-19-12(10)20-9(3)13(14,15)16/h8-9H,4-7H2,1-3H3,(H,17,18,19). The first kappa shape index (κ1) is 16.5. The Morgan fingerprint density at radius 3 is 2.50 bits per heavy atom. The molecule has 0 aliphatic heterocycles. The summed E-state index contributed by atoms with van der Waals surface area (Å²) in [6, 6.07) is 0. The van der Waals surface area contributed by atoms with Crippen molar-refractivity contribution in [3.8, 4) is 5.88 Å². The minimum Gasteiger partial charge on any atom is -0.465 e. The summed E-state index contributed by atoms with van der Waals surface area (Å²) in [6.45, 7) is 5.60. The largest absolute Gasteiger partial charge is 0.465 e. The van der Waals surface area contributed by atoms with Crippen LogP contribution in [0.25, 0.3) is 0 Å². The van der Waals surface area contributed by atoms with Crippen LogP contribution in [0.5, 0.6) is 5.88 Å². The van der Waals surface area contributed by atoms with Gasteiger partial charge in [0.1, 0.15) is 12.1 Å². The normalized spacial score (nSPS) is 13.1. The molecule has 1 unspecified atom stereocenters. The monoisotopic (exact) mass is 291 g/mol. The number of alkyl halides is 3. The third-order valence-electron chi connectivity index (χ3n) is 2.70. The molecule has 114 valence electrons. The Morgan fingerprint density at radius 2 is 1.95 bits per heavy atom. The quantitative estimate of drug-likeness (QED) is 0.834. The van der Waals surface area contributed by atoms with Gasteiger partial charge in [-0.1, -0.05) is 20.3 Å². The Balaban J connectivity index is 2.99. The summed E-state index contributed by atoms with van der Waals surface area (Å²) in [4.78, 5) is 7.93. The number of hydrogen-bond donors (Lipinski definition) is 1. The first-order valence-corrected chi connectivity index (χ1v) is 6.71. The molecule has 1 rings (SSSR count). The highest BCUT2D eigenvalue weighted by molar-refractivity contribution is 5.48. The molecule has 7 heteroatoms. The molecule has 1 atom stereocenters. The second kappa shape index (κ2) is 7.31. The van der Waals surface area contributed by atoms with Crippen LogP contribution in [0, 0.1) is 0 Å². The highest BCUT2D eigenvalue weighted by Gasteiger charge is 2.38. The molecule has 1 N–H and O–H groups in total. The van der Waals surface area contributed by atoms with Crippen molar-refractivity contribution in [3.05, 3.63) is 11.9 Å². The molecule has 0 aromatic carbocycles. The minimum atomic E-state index is -4.41. The lowest BCUT2D eigenvalue weighted by atomic mass is 10.1. The molecule has 0 radical (unpaired) electrons. The van der Waals surface area contributed by atoms with Crippen molar-refractivity contribution in [1.29, 1.82) is 0 Å². The van der Waals surface area contributed by atoms with E-state index in [2.05, 4.69) is 15.3 Å². The number of halogens is 3. The van der Waals surface area contributed by atoms with Crippen molar-refractivity contribution < 1.29 is 17.9 Å². The summed E-state index contributed by atoms with van der Waals surface area (Å²) in [7, 11) is 0. The molecule has 1 aromatic heterocycles. The topological polar surface area (TPSA) is 47.0 Å². The molecule has 0 aliphatic carbocycles. The van der Waals surface area contributed by atoms with Gasteiger partial charge < -0.3 is 10.1 Å². The highest BCUT2D eigenvalue weighted by atomic mass is 19.4. The summed E-state index contributed by atoms with van der Waals surface area (Å²) < 4.78 is 42.7. The predicted molar refractivity (Wildman–Crippen MR) is 71.0 cm³/mol. The summed E-state index contributed by atoms with van der Waals surface area (Å²) in [6.07, 6.45) is -2.87. The molecule has 0 saturated carbocycles. The summed E-state index contributed by atoms with van der Waals surface area (Å²) >= 11 is 0. The van der Waals surface area contributed by atoms with Crippen LogP contribution in [0.4, 0.5) is 19.0 Å². The SMILES string of the molecule is CCCNc1ncnc(OC(C)C(F)(F)F)c1CCC. The molecule has 4 nitrogen and oxygen atoms in total. The Labute approximate surface area is 116 Å². The van der Waals surface area contributed by atoms with Gasteiger partial charge in [-0.15, -0.1) is 0 Å². The van der Waals surface area contributed by atoms with Crippen LogP contribution in [0.1, 0.15) is 39.2 Å². The molecule has 0 spiro atoms. The minimum absolute atomic E-state index is 0.00489. The van der Waals surface area contributed by atoms with Crippen LogP contribution in [-0.4, -0.2) is 28.8 Å². The second-order valence-electron chi connectivity index (χ2n) is 4.48. The van der Waals surface area contributed by atoms with E-state index in [0.29, 0.717) is 24.3 Å². The zero-order valence-electron chi connectivity index (χ0n) is 11.9. The molecular formula is C13H20F3N3O. The second-order valence-corrected chi connectivity index (χ2v) is 4.48. The lowest BCUT2D eigenvalue weighted by molar-refractivity contribution is -0.190. The van der Waals surface area contributed by atoms with E-state index in [1.165, 1.54) is 6.33 Å². The van der Waals surface area contributed by atoms with E-state index < -0.39 is 12.3 Å². The summed E-state index contributed by atoms with van der Waals surface area (Å²) in [5.41, 5.74) is 0.597. The number of nitrogens with one attached hydrogen (secondary N) is 1. The number of hydrogen-bond acceptors (Lipinski definition) is 4. The molecule has 1 aromatic rings. The molecular weight excluding hydrogens is 271 g/mol. The van der Waals surface area contributed by atoms with Crippen molar-refractivity contribution in [1.82, 2.24) is 9.97 Å². The van der Waals surface area contributed by atoms with Gasteiger partial charge >= 0.3 is 6.18 Å². The maximum Gasteiger partial charge on any atom is 0.425 e. The number of anilines is 1. The fourth-order valence-electron chi connectivity index (χ4n) is 1.60. The molecule has 0 aliphatic rings. The van der Waals surface area contributed by atoms with Crippen molar-refractivity contribution >= 4 is 5.82 Å². The van der Waals surface area contributed by atoms with E-state index in [9.17, 15) is 13.2 Å². The van der Waals surface area contributed by atoms with Gasteiger partial charge in [-0.2, -0.15) is 13.2 Å². The summed E-state index contributed by atoms with van der Waals surface area (Å²) in [5, 5.41) is 3.09. The Bertz CT molecular complexity index is 424. The van der Waals surface area contributed by atoms with Gasteiger partial charge in [0.25, 0.3) is 0 Å². The van der Waals surface area contributed by atoms with E-state index in [-0.39, 0.29) is 5.88 Å². The molecule has 1 heterocycles. The third kappa shape index (κ3) is 4.54. The van der Waals surface area contributed by atoms with Crippen molar-refractivity contribution in [2.24, 2.45) is 0 Å². The molecule has 0 fully saturated rings. The van der Waals surface area contributed by atoms with E-state index in [0.717, 1.165) is 19.8 Å². The van der Waals surface area contributed by atoms with E-state index in [4.69, 9.17) is 4.74 Å². The van der Waals surface area contributed by atoms with Crippen molar-refractivity contribution in [2.75, 3.05) is 11.9 Å². The van der Waals surface area contributed by atoms with Crippen molar-refractivity contribution in [2.45, 2.75) is 52.3 Å². The fourth-order valence-corrected chi connectivity index (χ4v) is 1.60. The number of ether oxygens (including phenoxy) is 1. The van der Waals surface area contributed by atoms with Gasteiger partial charge in [0.15, 0.2) is 6.10 Å². The lowest BCUT2D eigenvalue weighted by Crippen LogP contribution is -2.32. The smallest absolute Gasteiger partial charge is 0.425 e. The van der Waals surface area contributed by atoms with E-state index >= 15 is 0 Å². The fraction of sp³-hybridized carbons (Fsp3) is 0.692. The lowest BCUT2D eigenvalue weighted by Gasteiger charge is -2.20. The molecule has 0 bridgehead atoms. The average Bonchev–Trinajstić information content (AvgIpc) is 2.38. The third-order valence-corrected chi connectivity index (χ3v) is 2.70. The van der Waals surface area contributed by atoms with E-state index in [1.807, 2.05) is 13.8 Å². The van der Waals surface area contributed by atoms with Gasteiger partial charge in [0, 0.05) is 6.54 Å². The maximum absolute atomic E-state index is 12.6. The van der Waals surface area contributed by atoms with Crippen LogP contribution < -0.4 is 10.1 Å². The van der Waals surface area contributed by atoms with Crippen LogP contribution in [0.2, 0.25) is 0 Å². The Kier molecular flexibility index (Phi) is 6.04. The van der Waals surface area contributed by atoms with Crippen molar-refractivity contribution in [3.63, 3.8) is 0 Å². The first-order valence-electron chi connectivity index (χ1n) is 6.71. The maximum atomic E-state index is 12.6. The van der Waals surface area contributed by atoms with Gasteiger partial charge in [0.05, 0.1) is 5.56 Å². The van der Waals surface area contributed by atoms with Crippen LogP contribution >= 0.6 is 0 Å². The number of nitrogens with zero attached hydrogens (tertiary/aromatic N) is 2. The van der Waals surface area contributed by atoms with Gasteiger partial charge in [-0.3, -0.25) is 0 Å². The molecule has 20 heavy (non-hydrogen) atoms. The summed E-state index contributed by atoms with van der Waals surface area (Å²) in [5.74, 6) is 0.554. The first-order chi connectivity index (χ1) is 9.40. The van der Waals surface area contributed by atoms with Crippen LogP contribution in [-0.2, 0) is 6.42 Å². The molecule has 0 amide bonds. The van der Waals surface area contributed by atoms with Gasteiger partial charge in [-0.25, -0.2) is 9.97 Å².